The van der Waals surface area contributed by atoms with Crippen molar-refractivity contribution in [2.45, 2.75) is 38.5 Å². The molecule has 0 amide bonds. The van der Waals surface area contributed by atoms with Crippen LogP contribution in [0.1, 0.15) is 48.9 Å². The first-order valence-electron chi connectivity index (χ1n) is 6.37. The SMILES string of the molecule is O=C(/C1=C/CCCCCC1)c1ccc(Br)c(F)c1. The lowest BCUT2D eigenvalue weighted by molar-refractivity contribution is 0.102. The molecule has 1 aromatic carbocycles. The fourth-order valence-electron chi connectivity index (χ4n) is 2.22. The van der Waals surface area contributed by atoms with Crippen LogP contribution in [0.25, 0.3) is 0 Å². The van der Waals surface area contributed by atoms with E-state index in [0.717, 1.165) is 31.3 Å². The number of rotatable bonds is 2. The van der Waals surface area contributed by atoms with E-state index in [9.17, 15) is 9.18 Å². The van der Waals surface area contributed by atoms with Crippen LogP contribution in [0.4, 0.5) is 4.39 Å². The number of benzene rings is 1. The molecule has 0 aliphatic heterocycles. The van der Waals surface area contributed by atoms with Gasteiger partial charge in [0.05, 0.1) is 4.47 Å². The van der Waals surface area contributed by atoms with E-state index in [0.29, 0.717) is 10.0 Å². The molecule has 1 aromatic rings. The molecule has 1 nitrogen and oxygen atoms in total. The van der Waals surface area contributed by atoms with Gasteiger partial charge in [-0.05, 0) is 65.4 Å². The predicted octanol–water partition coefficient (Wildman–Crippen LogP) is 5.05. The van der Waals surface area contributed by atoms with Crippen molar-refractivity contribution in [1.29, 1.82) is 0 Å². The van der Waals surface area contributed by atoms with E-state index in [4.69, 9.17) is 0 Å². The van der Waals surface area contributed by atoms with E-state index in [1.807, 2.05) is 6.08 Å². The molecular formula is C15H16BrFO. The second kappa shape index (κ2) is 6.28. The van der Waals surface area contributed by atoms with Crippen LogP contribution in [0, 0.1) is 5.82 Å². The molecule has 0 unspecified atom stereocenters. The van der Waals surface area contributed by atoms with E-state index in [1.54, 1.807) is 12.1 Å². The lowest BCUT2D eigenvalue weighted by Gasteiger charge is -2.10. The van der Waals surface area contributed by atoms with Gasteiger partial charge in [-0.15, -0.1) is 0 Å². The van der Waals surface area contributed by atoms with E-state index in [-0.39, 0.29) is 11.6 Å². The zero-order valence-electron chi connectivity index (χ0n) is 10.2. The van der Waals surface area contributed by atoms with Crippen molar-refractivity contribution < 1.29 is 9.18 Å². The predicted molar refractivity (Wildman–Crippen MR) is 74.2 cm³/mol. The normalized spacial score (nSPS) is 19.6. The Morgan fingerprint density at radius 2 is 1.94 bits per heavy atom. The molecular weight excluding hydrogens is 295 g/mol. The number of carbonyl (C=O) groups is 1. The van der Waals surface area contributed by atoms with E-state index in [1.165, 1.54) is 18.9 Å². The Balaban J connectivity index is 2.21. The Hall–Kier alpha value is -0.960. The number of Topliss-reactive ketones (excluding diaryl/α,β-unsaturated/α-hetero) is 1. The van der Waals surface area contributed by atoms with Crippen LogP contribution in [-0.4, -0.2) is 5.78 Å². The highest BCUT2D eigenvalue weighted by Crippen LogP contribution is 2.23. The molecule has 1 aliphatic rings. The van der Waals surface area contributed by atoms with Gasteiger partial charge in [-0.1, -0.05) is 18.9 Å². The molecule has 0 saturated carbocycles. The molecule has 0 fully saturated rings. The molecule has 0 aromatic heterocycles. The molecule has 0 saturated heterocycles. The highest BCUT2D eigenvalue weighted by molar-refractivity contribution is 9.10. The van der Waals surface area contributed by atoms with Crippen LogP contribution in [0.5, 0.6) is 0 Å². The maximum atomic E-state index is 13.4. The average Bonchev–Trinajstić information content (AvgIpc) is 2.31. The van der Waals surface area contributed by atoms with Crippen molar-refractivity contribution in [3.8, 4) is 0 Å². The third kappa shape index (κ3) is 3.29. The molecule has 0 atom stereocenters. The zero-order valence-corrected chi connectivity index (χ0v) is 11.8. The van der Waals surface area contributed by atoms with Crippen molar-refractivity contribution in [3.63, 3.8) is 0 Å². The number of halogens is 2. The minimum atomic E-state index is -0.382. The molecule has 96 valence electrons. The van der Waals surface area contributed by atoms with Gasteiger partial charge in [0.1, 0.15) is 5.82 Å². The summed E-state index contributed by atoms with van der Waals surface area (Å²) in [5.74, 6) is -0.407. The van der Waals surface area contributed by atoms with Crippen LogP contribution in [0.3, 0.4) is 0 Å². The van der Waals surface area contributed by atoms with Gasteiger partial charge in [0.25, 0.3) is 0 Å². The van der Waals surface area contributed by atoms with Gasteiger partial charge in [0, 0.05) is 5.56 Å². The van der Waals surface area contributed by atoms with Gasteiger partial charge in [0.15, 0.2) is 5.78 Å². The summed E-state index contributed by atoms with van der Waals surface area (Å²) in [5.41, 5.74) is 1.29. The van der Waals surface area contributed by atoms with Crippen molar-refractivity contribution >= 4 is 21.7 Å². The first kappa shape index (κ1) is 13.5. The second-order valence-corrected chi connectivity index (χ2v) is 5.49. The van der Waals surface area contributed by atoms with Gasteiger partial charge >= 0.3 is 0 Å². The third-order valence-electron chi connectivity index (χ3n) is 3.26. The van der Waals surface area contributed by atoms with Crippen molar-refractivity contribution in [1.82, 2.24) is 0 Å². The van der Waals surface area contributed by atoms with Crippen molar-refractivity contribution in [2.24, 2.45) is 0 Å². The van der Waals surface area contributed by atoms with Gasteiger partial charge in [0.2, 0.25) is 0 Å². The van der Waals surface area contributed by atoms with Crippen LogP contribution in [0.15, 0.2) is 34.3 Å². The smallest absolute Gasteiger partial charge is 0.188 e. The molecule has 0 radical (unpaired) electrons. The molecule has 18 heavy (non-hydrogen) atoms. The molecule has 0 bridgehead atoms. The minimum Gasteiger partial charge on any atom is -0.289 e. The number of allylic oxidation sites excluding steroid dienone is 2. The van der Waals surface area contributed by atoms with E-state index >= 15 is 0 Å². The number of hydrogen-bond donors (Lipinski definition) is 0. The molecule has 1 aliphatic carbocycles. The summed E-state index contributed by atoms with van der Waals surface area (Å²) >= 11 is 3.10. The Morgan fingerprint density at radius 1 is 1.17 bits per heavy atom. The fraction of sp³-hybridized carbons (Fsp3) is 0.400. The van der Waals surface area contributed by atoms with Crippen LogP contribution in [-0.2, 0) is 0 Å². The summed E-state index contributed by atoms with van der Waals surface area (Å²) in [7, 11) is 0. The Bertz CT molecular complexity index is 479. The summed E-state index contributed by atoms with van der Waals surface area (Å²) in [5, 5.41) is 0. The largest absolute Gasteiger partial charge is 0.289 e. The lowest BCUT2D eigenvalue weighted by Crippen LogP contribution is -2.05. The van der Waals surface area contributed by atoms with Crippen molar-refractivity contribution in [3.05, 3.63) is 45.7 Å². The molecule has 2 rings (SSSR count). The fourth-order valence-corrected chi connectivity index (χ4v) is 2.47. The Kier molecular flexibility index (Phi) is 4.70. The third-order valence-corrected chi connectivity index (χ3v) is 3.91. The standard InChI is InChI=1S/C15H16BrFO/c16-13-9-8-12(10-14(13)17)15(18)11-6-4-2-1-3-5-7-11/h6,8-10H,1-5,7H2/b11-6+. The second-order valence-electron chi connectivity index (χ2n) is 4.64. The quantitative estimate of drug-likeness (QED) is 0.698. The lowest BCUT2D eigenvalue weighted by atomic mass is 9.94. The van der Waals surface area contributed by atoms with Crippen LogP contribution < -0.4 is 0 Å². The van der Waals surface area contributed by atoms with E-state index in [2.05, 4.69) is 15.9 Å². The Labute approximate surface area is 115 Å². The summed E-state index contributed by atoms with van der Waals surface area (Å²) in [6, 6.07) is 4.58. The molecule has 0 spiro atoms. The highest BCUT2D eigenvalue weighted by Gasteiger charge is 2.14. The monoisotopic (exact) mass is 310 g/mol. The molecule has 3 heteroatoms. The first-order valence-corrected chi connectivity index (χ1v) is 7.16. The van der Waals surface area contributed by atoms with Crippen LogP contribution in [0.2, 0.25) is 0 Å². The van der Waals surface area contributed by atoms with Gasteiger partial charge < -0.3 is 0 Å². The number of hydrogen-bond acceptors (Lipinski definition) is 1. The highest BCUT2D eigenvalue weighted by atomic mass is 79.9. The first-order chi connectivity index (χ1) is 8.68. The maximum absolute atomic E-state index is 13.4. The minimum absolute atomic E-state index is 0.0247. The molecule has 0 heterocycles. The molecule has 0 N–H and O–H groups in total. The summed E-state index contributed by atoms with van der Waals surface area (Å²) in [6.07, 6.45) is 8.42. The Morgan fingerprint density at radius 3 is 2.72 bits per heavy atom. The van der Waals surface area contributed by atoms with Crippen LogP contribution >= 0.6 is 15.9 Å². The van der Waals surface area contributed by atoms with E-state index < -0.39 is 0 Å². The summed E-state index contributed by atoms with van der Waals surface area (Å²) in [4.78, 5) is 12.3. The number of ketones is 1. The zero-order chi connectivity index (χ0) is 13.0. The summed E-state index contributed by atoms with van der Waals surface area (Å²) < 4.78 is 13.8. The number of carbonyl (C=O) groups excluding carboxylic acids is 1. The average molecular weight is 311 g/mol. The summed E-state index contributed by atoms with van der Waals surface area (Å²) in [6.45, 7) is 0. The topological polar surface area (TPSA) is 17.1 Å². The maximum Gasteiger partial charge on any atom is 0.188 e. The van der Waals surface area contributed by atoms with Gasteiger partial charge in [-0.3, -0.25) is 4.79 Å². The van der Waals surface area contributed by atoms with Crippen molar-refractivity contribution in [2.75, 3.05) is 0 Å². The van der Waals surface area contributed by atoms with Gasteiger partial charge in [-0.25, -0.2) is 4.39 Å². The van der Waals surface area contributed by atoms with Gasteiger partial charge in [-0.2, -0.15) is 0 Å².